The van der Waals surface area contributed by atoms with Gasteiger partial charge >= 0.3 is 6.03 Å². The number of urea groups is 1. The fraction of sp³-hybridized carbons (Fsp3) is 0.364. The molecule has 0 bridgehead atoms. The summed E-state index contributed by atoms with van der Waals surface area (Å²) in [6.07, 6.45) is 5.27. The first-order valence-electron chi connectivity index (χ1n) is 10.1. The molecule has 2 aromatic carbocycles. The van der Waals surface area contributed by atoms with E-state index in [0.717, 1.165) is 55.0 Å². The van der Waals surface area contributed by atoms with Gasteiger partial charge in [-0.2, -0.15) is 0 Å². The van der Waals surface area contributed by atoms with Crippen LogP contribution in [0.1, 0.15) is 37.9 Å². The average Bonchev–Trinajstić information content (AvgIpc) is 3.13. The van der Waals surface area contributed by atoms with Crippen LogP contribution in [0.2, 0.25) is 0 Å². The molecule has 1 aliphatic carbocycles. The average molecular weight is 398 g/mol. The summed E-state index contributed by atoms with van der Waals surface area (Å²) in [6, 6.07) is 10.6. The van der Waals surface area contributed by atoms with Gasteiger partial charge in [0.05, 0.1) is 16.7 Å². The van der Waals surface area contributed by atoms with Crippen LogP contribution in [0.5, 0.6) is 0 Å². The van der Waals surface area contributed by atoms with Gasteiger partial charge in [0, 0.05) is 25.1 Å². The zero-order valence-electron chi connectivity index (χ0n) is 16.1. The summed E-state index contributed by atoms with van der Waals surface area (Å²) in [6.45, 7) is 0.366. The summed E-state index contributed by atoms with van der Waals surface area (Å²) >= 11 is 0. The number of carbonyl (C=O) groups is 1. The first kappa shape index (κ1) is 19.4. The molecule has 29 heavy (non-hydrogen) atoms. The highest BCUT2D eigenvalue weighted by Crippen LogP contribution is 2.29. The number of aromatic nitrogens is 2. The third kappa shape index (κ3) is 4.39. The van der Waals surface area contributed by atoms with Crippen LogP contribution in [0.25, 0.3) is 11.0 Å². The molecule has 3 aromatic rings. The molecule has 1 aromatic heterocycles. The van der Waals surface area contributed by atoms with Crippen LogP contribution in [0.3, 0.4) is 0 Å². The number of nitrogens with zero attached hydrogens (tertiary/aromatic N) is 2. The Morgan fingerprint density at radius 1 is 1.14 bits per heavy atom. The maximum absolute atomic E-state index is 14.4. The van der Waals surface area contributed by atoms with E-state index in [-0.39, 0.29) is 17.8 Å². The van der Waals surface area contributed by atoms with Gasteiger partial charge < -0.3 is 10.3 Å². The molecule has 0 aliphatic heterocycles. The van der Waals surface area contributed by atoms with E-state index in [4.69, 9.17) is 0 Å². The van der Waals surface area contributed by atoms with Gasteiger partial charge in [-0.3, -0.25) is 4.90 Å². The van der Waals surface area contributed by atoms with Crippen molar-refractivity contribution in [2.24, 2.45) is 0 Å². The van der Waals surface area contributed by atoms with E-state index in [1.807, 2.05) is 24.3 Å². The van der Waals surface area contributed by atoms with E-state index in [9.17, 15) is 13.6 Å². The van der Waals surface area contributed by atoms with Gasteiger partial charge in [0.25, 0.3) is 0 Å². The van der Waals surface area contributed by atoms with Crippen LogP contribution in [0.4, 0.5) is 19.3 Å². The van der Waals surface area contributed by atoms with Gasteiger partial charge in [-0.05, 0) is 37.1 Å². The summed E-state index contributed by atoms with van der Waals surface area (Å²) in [5.41, 5.74) is 1.96. The topological polar surface area (TPSA) is 61.0 Å². The van der Waals surface area contributed by atoms with Crippen LogP contribution in [0.15, 0.2) is 42.5 Å². The van der Waals surface area contributed by atoms with Crippen molar-refractivity contribution in [1.82, 2.24) is 15.3 Å². The third-order valence-electron chi connectivity index (χ3n) is 5.40. The summed E-state index contributed by atoms with van der Waals surface area (Å²) < 4.78 is 27.8. The van der Waals surface area contributed by atoms with Gasteiger partial charge in [-0.25, -0.2) is 18.6 Å². The van der Waals surface area contributed by atoms with Crippen molar-refractivity contribution in [1.29, 1.82) is 0 Å². The second kappa shape index (κ2) is 8.59. The zero-order valence-corrected chi connectivity index (χ0v) is 16.1. The minimum Gasteiger partial charge on any atom is -0.342 e. The van der Waals surface area contributed by atoms with E-state index in [1.165, 1.54) is 17.0 Å². The molecule has 1 fully saturated rings. The highest BCUT2D eigenvalue weighted by Gasteiger charge is 2.29. The van der Waals surface area contributed by atoms with Crippen molar-refractivity contribution in [2.75, 3.05) is 11.4 Å². The first-order valence-corrected chi connectivity index (χ1v) is 10.1. The van der Waals surface area contributed by atoms with E-state index in [0.29, 0.717) is 13.0 Å². The van der Waals surface area contributed by atoms with Crippen molar-refractivity contribution in [2.45, 2.75) is 44.6 Å². The lowest BCUT2D eigenvalue weighted by Crippen LogP contribution is -2.48. The number of hydrogen-bond acceptors (Lipinski definition) is 2. The molecule has 5 nitrogen and oxygen atoms in total. The standard InChI is InChI=1S/C22H24F2N4O/c23-15-10-11-20(17(24)14-15)28(16-6-2-1-3-7-16)22(29)25-13-12-21-26-18-8-4-5-9-19(18)27-21/h4-5,8-11,14,16H,1-3,6-7,12-13H2,(H,25,29)(H,26,27). The van der Waals surface area contributed by atoms with Crippen LogP contribution in [0, 0.1) is 11.6 Å². The first-order chi connectivity index (χ1) is 14.1. The predicted octanol–water partition coefficient (Wildman–Crippen LogP) is 4.93. The molecule has 0 unspecified atom stereocenters. The third-order valence-corrected chi connectivity index (χ3v) is 5.40. The summed E-state index contributed by atoms with van der Waals surface area (Å²) in [7, 11) is 0. The van der Waals surface area contributed by atoms with Crippen molar-refractivity contribution < 1.29 is 13.6 Å². The number of halogens is 2. The molecule has 0 spiro atoms. The fourth-order valence-electron chi connectivity index (χ4n) is 3.98. The minimum atomic E-state index is -0.719. The molecule has 0 radical (unpaired) electrons. The van der Waals surface area contributed by atoms with Gasteiger partial charge in [0.15, 0.2) is 0 Å². The molecule has 7 heteroatoms. The van der Waals surface area contributed by atoms with Crippen LogP contribution >= 0.6 is 0 Å². The number of benzene rings is 2. The molecule has 1 aliphatic rings. The molecule has 4 rings (SSSR count). The highest BCUT2D eigenvalue weighted by molar-refractivity contribution is 5.92. The summed E-state index contributed by atoms with van der Waals surface area (Å²) in [4.78, 5) is 22.2. The molecule has 2 N–H and O–H groups in total. The van der Waals surface area contributed by atoms with E-state index in [1.54, 1.807) is 0 Å². The number of nitrogens with one attached hydrogen (secondary N) is 2. The number of H-pyrrole nitrogens is 1. The highest BCUT2D eigenvalue weighted by atomic mass is 19.1. The summed E-state index contributed by atoms with van der Waals surface area (Å²) in [5, 5.41) is 2.88. The van der Waals surface area contributed by atoms with Crippen LogP contribution < -0.4 is 10.2 Å². The number of rotatable bonds is 5. The number of anilines is 1. The molecule has 2 amide bonds. The summed E-state index contributed by atoms with van der Waals surface area (Å²) in [5.74, 6) is -0.591. The Hall–Kier alpha value is -2.96. The lowest BCUT2D eigenvalue weighted by molar-refractivity contribution is 0.241. The smallest absolute Gasteiger partial charge is 0.322 e. The van der Waals surface area contributed by atoms with Crippen molar-refractivity contribution in [3.05, 3.63) is 59.9 Å². The minimum absolute atomic E-state index is 0.0880. The largest absolute Gasteiger partial charge is 0.342 e. The van der Waals surface area contributed by atoms with Crippen molar-refractivity contribution in [3.8, 4) is 0 Å². The van der Waals surface area contributed by atoms with E-state index >= 15 is 0 Å². The number of amides is 2. The number of fused-ring (bicyclic) bond motifs is 1. The van der Waals surface area contributed by atoms with Gasteiger partial charge in [0.2, 0.25) is 0 Å². The molecule has 1 saturated carbocycles. The second-order valence-corrected chi connectivity index (χ2v) is 7.44. The number of imidazole rings is 1. The number of aromatic amines is 1. The SMILES string of the molecule is O=C(NCCc1nc2ccccc2[nH]1)N(c1ccc(F)cc1F)C1CCCCC1. The fourth-order valence-corrected chi connectivity index (χ4v) is 3.98. The van der Waals surface area contributed by atoms with Gasteiger partial charge in [0.1, 0.15) is 17.5 Å². The van der Waals surface area contributed by atoms with Gasteiger partial charge in [-0.15, -0.1) is 0 Å². The normalized spacial score (nSPS) is 14.8. The van der Waals surface area contributed by atoms with E-state index < -0.39 is 11.6 Å². The quantitative estimate of drug-likeness (QED) is 0.640. The number of carbonyl (C=O) groups excluding carboxylic acids is 1. The Labute approximate surface area is 168 Å². The number of hydrogen-bond donors (Lipinski definition) is 2. The molecule has 0 atom stereocenters. The number of para-hydroxylation sites is 2. The lowest BCUT2D eigenvalue weighted by Gasteiger charge is -2.34. The Balaban J connectivity index is 1.47. The molecule has 0 saturated heterocycles. The molecular formula is C22H24F2N4O. The molecule has 1 heterocycles. The maximum atomic E-state index is 14.4. The Morgan fingerprint density at radius 2 is 1.93 bits per heavy atom. The zero-order chi connectivity index (χ0) is 20.2. The predicted molar refractivity (Wildman–Crippen MR) is 109 cm³/mol. The Bertz CT molecular complexity index is 964. The molecule has 152 valence electrons. The maximum Gasteiger partial charge on any atom is 0.322 e. The van der Waals surface area contributed by atoms with Crippen LogP contribution in [-0.4, -0.2) is 28.6 Å². The van der Waals surface area contributed by atoms with Crippen molar-refractivity contribution >= 4 is 22.8 Å². The molecular weight excluding hydrogens is 374 g/mol. The Kier molecular flexibility index (Phi) is 5.74. The van der Waals surface area contributed by atoms with Gasteiger partial charge in [-0.1, -0.05) is 31.4 Å². The second-order valence-electron chi connectivity index (χ2n) is 7.44. The van der Waals surface area contributed by atoms with Crippen LogP contribution in [-0.2, 0) is 6.42 Å². The van der Waals surface area contributed by atoms with E-state index in [2.05, 4.69) is 15.3 Å². The lowest BCUT2D eigenvalue weighted by atomic mass is 9.94. The monoisotopic (exact) mass is 398 g/mol. The van der Waals surface area contributed by atoms with Crippen molar-refractivity contribution in [3.63, 3.8) is 0 Å². The Morgan fingerprint density at radius 3 is 2.69 bits per heavy atom.